The quantitative estimate of drug-likeness (QED) is 0.818. The highest BCUT2D eigenvalue weighted by molar-refractivity contribution is 5.28. The number of hydrogen-bond donors (Lipinski definition) is 1. The van der Waals surface area contributed by atoms with Crippen LogP contribution in [0.1, 0.15) is 17.5 Å². The molecule has 0 unspecified atom stereocenters. The van der Waals surface area contributed by atoms with Gasteiger partial charge in [0.1, 0.15) is 18.5 Å². The lowest BCUT2D eigenvalue weighted by atomic mass is 10.1. The summed E-state index contributed by atoms with van der Waals surface area (Å²) in [7, 11) is 0. The van der Waals surface area contributed by atoms with Crippen molar-refractivity contribution in [3.63, 3.8) is 0 Å². The van der Waals surface area contributed by atoms with Gasteiger partial charge in [0, 0.05) is 0 Å². The number of aliphatic hydroxyl groups excluding tert-OH is 1. The average molecular weight is 267 g/mol. The Labute approximate surface area is 119 Å². The molecule has 0 radical (unpaired) electrons. The zero-order valence-corrected chi connectivity index (χ0v) is 11.2. The summed E-state index contributed by atoms with van der Waals surface area (Å²) in [5, 5.41) is 17.7. The third-order valence-corrected chi connectivity index (χ3v) is 3.03. The van der Waals surface area contributed by atoms with Gasteiger partial charge in [-0.1, -0.05) is 42.5 Å². The van der Waals surface area contributed by atoms with Crippen molar-refractivity contribution >= 4 is 0 Å². The van der Waals surface area contributed by atoms with Crippen molar-refractivity contribution in [2.75, 3.05) is 0 Å². The van der Waals surface area contributed by atoms with Crippen LogP contribution in [0.3, 0.4) is 0 Å². The number of nitriles is 1. The van der Waals surface area contributed by atoms with E-state index < -0.39 is 6.10 Å². The van der Waals surface area contributed by atoms with Crippen molar-refractivity contribution in [3.05, 3.63) is 65.7 Å². The molecule has 2 rings (SSSR count). The van der Waals surface area contributed by atoms with E-state index in [9.17, 15) is 5.11 Å². The van der Waals surface area contributed by atoms with Crippen molar-refractivity contribution in [2.24, 2.45) is 0 Å². The monoisotopic (exact) mass is 267 g/mol. The van der Waals surface area contributed by atoms with E-state index >= 15 is 0 Å². The summed E-state index contributed by atoms with van der Waals surface area (Å²) in [6.45, 7) is 0.549. The minimum Gasteiger partial charge on any atom is -0.489 e. The maximum atomic E-state index is 9.20. The van der Waals surface area contributed by atoms with Gasteiger partial charge in [0.05, 0.1) is 6.07 Å². The third kappa shape index (κ3) is 4.42. The second-order valence-electron chi connectivity index (χ2n) is 4.60. The Morgan fingerprint density at radius 3 is 2.35 bits per heavy atom. The predicted molar refractivity (Wildman–Crippen MR) is 77.2 cm³/mol. The summed E-state index contributed by atoms with van der Waals surface area (Å²) in [5.74, 6) is 0.818. The van der Waals surface area contributed by atoms with Crippen molar-refractivity contribution < 1.29 is 9.84 Å². The van der Waals surface area contributed by atoms with E-state index in [-0.39, 0.29) is 0 Å². The molecule has 0 saturated heterocycles. The summed E-state index contributed by atoms with van der Waals surface area (Å²) in [4.78, 5) is 0. The van der Waals surface area contributed by atoms with E-state index in [1.165, 1.54) is 0 Å². The summed E-state index contributed by atoms with van der Waals surface area (Å²) < 4.78 is 5.69. The summed E-state index contributed by atoms with van der Waals surface area (Å²) in [6.07, 6.45) is 0.262. The first-order chi connectivity index (χ1) is 9.78. The van der Waals surface area contributed by atoms with Crippen LogP contribution in [0.5, 0.6) is 5.75 Å². The van der Waals surface area contributed by atoms with Crippen molar-refractivity contribution in [3.8, 4) is 11.8 Å². The van der Waals surface area contributed by atoms with Crippen LogP contribution < -0.4 is 4.74 Å². The molecule has 3 heteroatoms. The highest BCUT2D eigenvalue weighted by atomic mass is 16.5. The fourth-order valence-electron chi connectivity index (χ4n) is 1.86. The van der Waals surface area contributed by atoms with E-state index in [2.05, 4.69) is 0 Å². The molecule has 0 spiro atoms. The molecular weight excluding hydrogens is 250 g/mol. The fourth-order valence-corrected chi connectivity index (χ4v) is 1.86. The zero-order valence-electron chi connectivity index (χ0n) is 11.2. The van der Waals surface area contributed by atoms with Crippen molar-refractivity contribution in [2.45, 2.75) is 25.6 Å². The number of aryl methyl sites for hydroxylation is 1. The lowest BCUT2D eigenvalue weighted by molar-refractivity contribution is 0.220. The Morgan fingerprint density at radius 1 is 1.00 bits per heavy atom. The van der Waals surface area contributed by atoms with Crippen LogP contribution in [-0.4, -0.2) is 11.2 Å². The molecule has 102 valence electrons. The number of nitrogens with zero attached hydrogens (tertiary/aromatic N) is 1. The van der Waals surface area contributed by atoms with Gasteiger partial charge < -0.3 is 9.84 Å². The topological polar surface area (TPSA) is 53.2 Å². The van der Waals surface area contributed by atoms with E-state index in [4.69, 9.17) is 10.00 Å². The second-order valence-corrected chi connectivity index (χ2v) is 4.60. The minimum absolute atomic E-state index is 0.459. The van der Waals surface area contributed by atoms with E-state index in [1.54, 1.807) is 0 Å². The smallest absolute Gasteiger partial charge is 0.140 e. The van der Waals surface area contributed by atoms with Crippen LogP contribution in [0.15, 0.2) is 54.6 Å². The average Bonchev–Trinajstić information content (AvgIpc) is 2.52. The van der Waals surface area contributed by atoms with E-state index in [0.717, 1.165) is 16.9 Å². The minimum atomic E-state index is -0.885. The first kappa shape index (κ1) is 14.1. The standard InChI is InChI=1S/C17H17NO2/c18-12-16(19)9-6-14-7-10-17(11-8-14)20-13-15-4-2-1-3-5-15/h1-5,7-8,10-11,16,19H,6,9,13H2/t16-/m0/s1. The van der Waals surface area contributed by atoms with Crippen LogP contribution in [0, 0.1) is 11.3 Å². The largest absolute Gasteiger partial charge is 0.489 e. The Kier molecular flexibility index (Phi) is 5.16. The molecule has 3 nitrogen and oxygen atoms in total. The van der Waals surface area contributed by atoms with Crippen LogP contribution >= 0.6 is 0 Å². The van der Waals surface area contributed by atoms with Gasteiger partial charge in [-0.3, -0.25) is 0 Å². The fraction of sp³-hybridized carbons (Fsp3) is 0.235. The van der Waals surface area contributed by atoms with Gasteiger partial charge in [0.25, 0.3) is 0 Å². The normalized spacial score (nSPS) is 11.6. The Morgan fingerprint density at radius 2 is 1.70 bits per heavy atom. The first-order valence-corrected chi connectivity index (χ1v) is 6.61. The molecule has 0 amide bonds. The number of ether oxygens (including phenoxy) is 1. The van der Waals surface area contributed by atoms with Gasteiger partial charge in [-0.2, -0.15) is 5.26 Å². The SMILES string of the molecule is N#C[C@@H](O)CCc1ccc(OCc2ccccc2)cc1. The maximum Gasteiger partial charge on any atom is 0.140 e. The van der Waals surface area contributed by atoms with Crippen molar-refractivity contribution in [1.82, 2.24) is 0 Å². The molecule has 0 aromatic heterocycles. The Bertz CT molecular complexity index is 558. The molecule has 0 aliphatic carbocycles. The second kappa shape index (κ2) is 7.32. The summed E-state index contributed by atoms with van der Waals surface area (Å²) in [6, 6.07) is 19.6. The highest BCUT2D eigenvalue weighted by Crippen LogP contribution is 2.15. The molecular formula is C17H17NO2. The zero-order chi connectivity index (χ0) is 14.2. The predicted octanol–water partition coefficient (Wildman–Crippen LogP) is 3.08. The van der Waals surface area contributed by atoms with Crippen LogP contribution in [-0.2, 0) is 13.0 Å². The summed E-state index contributed by atoms with van der Waals surface area (Å²) in [5.41, 5.74) is 2.22. The molecule has 1 N–H and O–H groups in total. The van der Waals surface area contributed by atoms with Crippen LogP contribution in [0.2, 0.25) is 0 Å². The summed E-state index contributed by atoms with van der Waals surface area (Å²) >= 11 is 0. The van der Waals surface area contributed by atoms with Gasteiger partial charge >= 0.3 is 0 Å². The van der Waals surface area contributed by atoms with Crippen LogP contribution in [0.4, 0.5) is 0 Å². The number of benzene rings is 2. The molecule has 0 saturated carbocycles. The molecule has 0 bridgehead atoms. The number of hydrogen-bond acceptors (Lipinski definition) is 3. The van der Waals surface area contributed by atoms with Gasteiger partial charge in [0.2, 0.25) is 0 Å². The number of aliphatic hydroxyl groups is 1. The molecule has 0 aliphatic heterocycles. The lowest BCUT2D eigenvalue weighted by Crippen LogP contribution is -2.03. The highest BCUT2D eigenvalue weighted by Gasteiger charge is 2.02. The molecule has 1 atom stereocenters. The van der Waals surface area contributed by atoms with E-state index in [0.29, 0.717) is 19.4 Å². The first-order valence-electron chi connectivity index (χ1n) is 6.61. The van der Waals surface area contributed by atoms with Gasteiger partial charge in [0.15, 0.2) is 0 Å². The molecule has 20 heavy (non-hydrogen) atoms. The lowest BCUT2D eigenvalue weighted by Gasteiger charge is -2.07. The molecule has 0 fully saturated rings. The van der Waals surface area contributed by atoms with Gasteiger partial charge in [-0.15, -0.1) is 0 Å². The molecule has 0 aliphatic rings. The van der Waals surface area contributed by atoms with E-state index in [1.807, 2.05) is 60.7 Å². The molecule has 2 aromatic carbocycles. The maximum absolute atomic E-state index is 9.20. The Hall–Kier alpha value is -2.31. The van der Waals surface area contributed by atoms with Gasteiger partial charge in [-0.25, -0.2) is 0 Å². The number of rotatable bonds is 6. The third-order valence-electron chi connectivity index (χ3n) is 3.03. The van der Waals surface area contributed by atoms with Crippen LogP contribution in [0.25, 0.3) is 0 Å². The van der Waals surface area contributed by atoms with Crippen molar-refractivity contribution in [1.29, 1.82) is 5.26 Å². The Balaban J connectivity index is 1.84. The van der Waals surface area contributed by atoms with Gasteiger partial charge in [-0.05, 0) is 36.1 Å². The molecule has 0 heterocycles. The molecule has 2 aromatic rings.